The summed E-state index contributed by atoms with van der Waals surface area (Å²) in [5.41, 5.74) is 0. The molecule has 0 aromatic heterocycles. The van der Waals surface area contributed by atoms with E-state index in [1.807, 2.05) is 0 Å². The normalized spacial score (nSPS) is 12.1. The molecule has 0 spiro atoms. The lowest BCUT2D eigenvalue weighted by Crippen LogP contribution is -1.72. The Morgan fingerprint density at radius 3 is 2.78 bits per heavy atom. The average molecular weight is 212 g/mol. The van der Waals surface area contributed by atoms with E-state index in [1.54, 1.807) is 0 Å². The molecule has 0 radical (unpaired) electrons. The van der Waals surface area contributed by atoms with Crippen molar-refractivity contribution in [3.63, 3.8) is 0 Å². The third-order valence-electron chi connectivity index (χ3n) is 1.04. The van der Waals surface area contributed by atoms with E-state index in [-0.39, 0.29) is 0 Å². The van der Waals surface area contributed by atoms with E-state index in [4.69, 9.17) is 11.6 Å². The van der Waals surface area contributed by atoms with Gasteiger partial charge in [0.1, 0.15) is 0 Å². The highest BCUT2D eigenvalue weighted by molar-refractivity contribution is 9.11. The Morgan fingerprint density at radius 2 is 2.33 bits per heavy atom. The quantitative estimate of drug-likeness (QED) is 0.491. The summed E-state index contributed by atoms with van der Waals surface area (Å²) in [7, 11) is 0. The second kappa shape index (κ2) is 6.63. The van der Waals surface area contributed by atoms with Crippen LogP contribution < -0.4 is 0 Å². The van der Waals surface area contributed by atoms with Crippen LogP contribution in [0.3, 0.4) is 0 Å². The molecule has 0 saturated carbocycles. The minimum absolute atomic E-state index is 0.764. The lowest BCUT2D eigenvalue weighted by Gasteiger charge is -1.90. The van der Waals surface area contributed by atoms with E-state index in [0.717, 1.165) is 25.1 Å². The van der Waals surface area contributed by atoms with Crippen LogP contribution in [0.2, 0.25) is 0 Å². The van der Waals surface area contributed by atoms with Gasteiger partial charge in [0.25, 0.3) is 0 Å². The lowest BCUT2D eigenvalue weighted by molar-refractivity contribution is 0.957. The summed E-state index contributed by atoms with van der Waals surface area (Å²) in [5, 5.41) is 0. The summed E-state index contributed by atoms with van der Waals surface area (Å²) in [6, 6.07) is 0. The first kappa shape index (κ1) is 9.51. The molecule has 0 heterocycles. The largest absolute Gasteiger partial charge is 0.127 e. The van der Waals surface area contributed by atoms with Gasteiger partial charge in [-0.3, -0.25) is 0 Å². The van der Waals surface area contributed by atoms with E-state index in [1.165, 1.54) is 4.48 Å². The second-order valence-electron chi connectivity index (χ2n) is 1.84. The number of unbranched alkanes of at least 4 members (excludes halogenated alkanes) is 1. The highest BCUT2D eigenvalue weighted by Gasteiger charge is 1.84. The molecule has 9 heavy (non-hydrogen) atoms. The van der Waals surface area contributed by atoms with Crippen molar-refractivity contribution in [1.29, 1.82) is 0 Å². The van der Waals surface area contributed by atoms with Crippen LogP contribution in [0, 0.1) is 0 Å². The summed E-state index contributed by atoms with van der Waals surface area (Å²) >= 11 is 8.91. The molecule has 0 aromatic rings. The van der Waals surface area contributed by atoms with Crippen LogP contribution in [0.25, 0.3) is 0 Å². The number of rotatable bonds is 4. The minimum atomic E-state index is 0.764. The third kappa shape index (κ3) is 6.39. The Hall–Kier alpha value is 0.510. The number of hydrogen-bond acceptors (Lipinski definition) is 0. The number of hydrogen-bond donors (Lipinski definition) is 0. The van der Waals surface area contributed by atoms with Gasteiger partial charge < -0.3 is 0 Å². The smallest absolute Gasteiger partial charge is 0.0226 e. The molecule has 0 fully saturated rings. The van der Waals surface area contributed by atoms with Gasteiger partial charge in [0, 0.05) is 5.88 Å². The lowest BCUT2D eigenvalue weighted by atomic mass is 10.3. The van der Waals surface area contributed by atoms with Crippen molar-refractivity contribution in [2.45, 2.75) is 26.2 Å². The fraction of sp³-hybridized carbons (Fsp3) is 0.714. The monoisotopic (exact) mass is 210 g/mol. The number of alkyl halides is 1. The van der Waals surface area contributed by atoms with Crippen molar-refractivity contribution in [3.8, 4) is 0 Å². The number of allylic oxidation sites excluding steroid dienone is 2. The van der Waals surface area contributed by atoms with Crippen molar-refractivity contribution in [2.24, 2.45) is 0 Å². The van der Waals surface area contributed by atoms with Crippen LogP contribution in [0.5, 0.6) is 0 Å². The summed E-state index contributed by atoms with van der Waals surface area (Å²) in [6.07, 6.45) is 5.44. The van der Waals surface area contributed by atoms with Crippen LogP contribution in [-0.4, -0.2) is 5.88 Å². The molecule has 0 aliphatic rings. The molecule has 0 amide bonds. The average Bonchev–Trinajstić information content (AvgIpc) is 1.89. The van der Waals surface area contributed by atoms with Gasteiger partial charge in [0.2, 0.25) is 0 Å². The molecule has 0 aromatic carbocycles. The molecule has 54 valence electrons. The molecule has 0 rings (SSSR count). The van der Waals surface area contributed by atoms with Crippen LogP contribution in [0.15, 0.2) is 10.6 Å². The first-order valence-corrected chi connectivity index (χ1v) is 4.54. The molecule has 0 saturated heterocycles. The van der Waals surface area contributed by atoms with Gasteiger partial charge >= 0.3 is 0 Å². The van der Waals surface area contributed by atoms with E-state index in [9.17, 15) is 0 Å². The van der Waals surface area contributed by atoms with Crippen LogP contribution in [-0.2, 0) is 0 Å². The van der Waals surface area contributed by atoms with Gasteiger partial charge in [-0.25, -0.2) is 0 Å². The molecule has 0 atom stereocenters. The Balaban J connectivity index is 3.21. The van der Waals surface area contributed by atoms with Gasteiger partial charge in [-0.2, -0.15) is 0 Å². The predicted molar refractivity (Wildman–Crippen MR) is 47.3 cm³/mol. The molecule has 0 aliphatic carbocycles. The van der Waals surface area contributed by atoms with Crippen molar-refractivity contribution in [1.82, 2.24) is 0 Å². The maximum Gasteiger partial charge on any atom is 0.0226 e. The summed E-state index contributed by atoms with van der Waals surface area (Å²) in [4.78, 5) is 0. The van der Waals surface area contributed by atoms with E-state index in [2.05, 4.69) is 28.9 Å². The van der Waals surface area contributed by atoms with E-state index in [0.29, 0.717) is 0 Å². The first-order valence-electron chi connectivity index (χ1n) is 3.21. The summed E-state index contributed by atoms with van der Waals surface area (Å²) < 4.78 is 1.28. The molecule has 0 aliphatic heterocycles. The zero-order valence-electron chi connectivity index (χ0n) is 5.66. The molecule has 0 nitrogen and oxygen atoms in total. The second-order valence-corrected chi connectivity index (χ2v) is 3.23. The number of halogens is 2. The van der Waals surface area contributed by atoms with Crippen molar-refractivity contribution < 1.29 is 0 Å². The fourth-order valence-corrected chi connectivity index (χ4v) is 0.863. The van der Waals surface area contributed by atoms with Gasteiger partial charge in [0.15, 0.2) is 0 Å². The van der Waals surface area contributed by atoms with Gasteiger partial charge in [-0.05, 0) is 23.7 Å². The zero-order valence-corrected chi connectivity index (χ0v) is 8.00. The zero-order chi connectivity index (χ0) is 7.11. The van der Waals surface area contributed by atoms with Gasteiger partial charge in [0.05, 0.1) is 0 Å². The fourth-order valence-electron chi connectivity index (χ4n) is 0.480. The standard InChI is InChI=1S/C7H12BrCl/c1-2-7(8)5-3-4-6-9/h5H,2-4,6H2,1H3/b7-5-. The highest BCUT2D eigenvalue weighted by Crippen LogP contribution is 2.10. The molecule has 0 N–H and O–H groups in total. The van der Waals surface area contributed by atoms with E-state index >= 15 is 0 Å². The molecule has 2 heteroatoms. The summed E-state index contributed by atoms with van der Waals surface area (Å²) in [6.45, 7) is 2.13. The van der Waals surface area contributed by atoms with Gasteiger partial charge in [-0.15, -0.1) is 11.6 Å². The maximum absolute atomic E-state index is 5.48. The predicted octanol–water partition coefficient (Wildman–Crippen LogP) is 3.69. The highest BCUT2D eigenvalue weighted by atomic mass is 79.9. The molecule has 0 bridgehead atoms. The Labute approximate surface area is 70.4 Å². The Morgan fingerprint density at radius 1 is 1.67 bits per heavy atom. The van der Waals surface area contributed by atoms with Crippen LogP contribution >= 0.6 is 27.5 Å². The first-order chi connectivity index (χ1) is 4.31. The molecule has 0 unspecified atom stereocenters. The topological polar surface area (TPSA) is 0 Å². The third-order valence-corrected chi connectivity index (χ3v) is 2.19. The van der Waals surface area contributed by atoms with E-state index < -0.39 is 0 Å². The Kier molecular flexibility index (Phi) is 7.00. The molecular formula is C7H12BrCl. The molecular weight excluding hydrogens is 199 g/mol. The van der Waals surface area contributed by atoms with Crippen molar-refractivity contribution in [3.05, 3.63) is 10.6 Å². The SMILES string of the molecule is CC/C(Br)=C/CCCCl. The summed E-state index contributed by atoms with van der Waals surface area (Å²) in [5.74, 6) is 0.764. The van der Waals surface area contributed by atoms with Gasteiger partial charge in [-0.1, -0.05) is 28.9 Å². The van der Waals surface area contributed by atoms with Crippen molar-refractivity contribution in [2.75, 3.05) is 5.88 Å². The Bertz CT molecular complexity index is 88.9. The minimum Gasteiger partial charge on any atom is -0.127 e. The van der Waals surface area contributed by atoms with Crippen LogP contribution in [0.1, 0.15) is 26.2 Å². The van der Waals surface area contributed by atoms with Crippen molar-refractivity contribution >= 4 is 27.5 Å². The maximum atomic E-state index is 5.48. The van der Waals surface area contributed by atoms with Crippen LogP contribution in [0.4, 0.5) is 0 Å².